The standard InChI is InChI=1S/C13H18N2O/c1-10-5-3-4-6-12(10)13(16)15-8-7-11(9-15)14-2/h3-6,11,14H,7-9H2,1-2H3. The number of amides is 1. The van der Waals surface area contributed by atoms with E-state index in [1.807, 2.05) is 43.1 Å². The molecule has 1 saturated heterocycles. The smallest absolute Gasteiger partial charge is 0.254 e. The molecule has 1 heterocycles. The molecule has 1 fully saturated rings. The van der Waals surface area contributed by atoms with Gasteiger partial charge in [-0.3, -0.25) is 4.79 Å². The molecule has 0 aromatic heterocycles. The SMILES string of the molecule is CNC1CCN(C(=O)c2ccccc2C)C1. The van der Waals surface area contributed by atoms with Crippen LogP contribution >= 0.6 is 0 Å². The Hall–Kier alpha value is -1.35. The molecule has 0 spiro atoms. The number of nitrogens with zero attached hydrogens (tertiary/aromatic N) is 1. The Morgan fingerprint density at radius 2 is 2.19 bits per heavy atom. The Labute approximate surface area is 96.5 Å². The highest BCUT2D eigenvalue weighted by Crippen LogP contribution is 2.15. The zero-order valence-electron chi connectivity index (χ0n) is 9.86. The molecule has 1 aromatic carbocycles. The van der Waals surface area contributed by atoms with Gasteiger partial charge in [-0.1, -0.05) is 18.2 Å². The highest BCUT2D eigenvalue weighted by atomic mass is 16.2. The average molecular weight is 218 g/mol. The molecule has 0 bridgehead atoms. The summed E-state index contributed by atoms with van der Waals surface area (Å²) in [4.78, 5) is 14.2. The Morgan fingerprint density at radius 1 is 1.44 bits per heavy atom. The summed E-state index contributed by atoms with van der Waals surface area (Å²) in [5, 5.41) is 3.22. The number of aryl methyl sites for hydroxylation is 1. The fraction of sp³-hybridized carbons (Fsp3) is 0.462. The van der Waals surface area contributed by atoms with Crippen molar-refractivity contribution in [3.05, 3.63) is 35.4 Å². The van der Waals surface area contributed by atoms with Gasteiger partial charge in [0.05, 0.1) is 0 Å². The molecule has 1 aromatic rings. The first-order valence-electron chi connectivity index (χ1n) is 5.74. The van der Waals surface area contributed by atoms with Crippen molar-refractivity contribution in [3.8, 4) is 0 Å². The fourth-order valence-corrected chi connectivity index (χ4v) is 2.16. The van der Waals surface area contributed by atoms with E-state index in [0.717, 1.165) is 30.6 Å². The lowest BCUT2D eigenvalue weighted by atomic mass is 10.1. The zero-order chi connectivity index (χ0) is 11.5. The molecule has 1 N–H and O–H groups in total. The molecule has 3 heteroatoms. The number of benzene rings is 1. The summed E-state index contributed by atoms with van der Waals surface area (Å²) < 4.78 is 0. The number of likely N-dealkylation sites (N-methyl/N-ethyl adjacent to an activating group) is 1. The van der Waals surface area contributed by atoms with Crippen LogP contribution in [0, 0.1) is 6.92 Å². The normalized spacial score (nSPS) is 20.1. The Balaban J connectivity index is 2.12. The second kappa shape index (κ2) is 4.66. The van der Waals surface area contributed by atoms with E-state index in [-0.39, 0.29) is 5.91 Å². The lowest BCUT2D eigenvalue weighted by Crippen LogP contribution is -2.33. The van der Waals surface area contributed by atoms with Gasteiger partial charge in [0, 0.05) is 24.7 Å². The molecule has 86 valence electrons. The van der Waals surface area contributed by atoms with E-state index in [2.05, 4.69) is 5.32 Å². The minimum Gasteiger partial charge on any atom is -0.337 e. The maximum absolute atomic E-state index is 12.2. The monoisotopic (exact) mass is 218 g/mol. The zero-order valence-corrected chi connectivity index (χ0v) is 9.86. The van der Waals surface area contributed by atoms with Crippen LogP contribution in [0.2, 0.25) is 0 Å². The molecule has 0 saturated carbocycles. The second-order valence-corrected chi connectivity index (χ2v) is 4.34. The van der Waals surface area contributed by atoms with Crippen molar-refractivity contribution in [2.75, 3.05) is 20.1 Å². The Kier molecular flexibility index (Phi) is 3.25. The van der Waals surface area contributed by atoms with Crippen LogP contribution in [0.4, 0.5) is 0 Å². The summed E-state index contributed by atoms with van der Waals surface area (Å²) >= 11 is 0. The molecule has 1 unspecified atom stereocenters. The summed E-state index contributed by atoms with van der Waals surface area (Å²) in [5.74, 6) is 0.163. The Bertz CT molecular complexity index is 389. The summed E-state index contributed by atoms with van der Waals surface area (Å²) in [5.41, 5.74) is 1.89. The molecule has 3 nitrogen and oxygen atoms in total. The predicted molar refractivity (Wildman–Crippen MR) is 64.5 cm³/mol. The highest BCUT2D eigenvalue weighted by molar-refractivity contribution is 5.95. The van der Waals surface area contributed by atoms with Crippen molar-refractivity contribution < 1.29 is 4.79 Å². The van der Waals surface area contributed by atoms with E-state index in [1.54, 1.807) is 0 Å². The molecular weight excluding hydrogens is 200 g/mol. The van der Waals surface area contributed by atoms with Gasteiger partial charge in [-0.2, -0.15) is 0 Å². The van der Waals surface area contributed by atoms with Crippen LogP contribution in [-0.4, -0.2) is 37.0 Å². The van der Waals surface area contributed by atoms with E-state index in [1.165, 1.54) is 0 Å². The molecule has 1 amide bonds. The summed E-state index contributed by atoms with van der Waals surface area (Å²) in [6.07, 6.45) is 1.05. The number of likely N-dealkylation sites (tertiary alicyclic amines) is 1. The number of carbonyl (C=O) groups is 1. The number of rotatable bonds is 2. The van der Waals surface area contributed by atoms with Crippen LogP contribution in [0.15, 0.2) is 24.3 Å². The van der Waals surface area contributed by atoms with Gasteiger partial charge in [0.2, 0.25) is 0 Å². The molecule has 0 radical (unpaired) electrons. The number of nitrogens with one attached hydrogen (secondary N) is 1. The molecule has 2 rings (SSSR count). The van der Waals surface area contributed by atoms with Gasteiger partial charge in [-0.15, -0.1) is 0 Å². The van der Waals surface area contributed by atoms with Crippen LogP contribution in [-0.2, 0) is 0 Å². The first-order chi connectivity index (χ1) is 7.72. The van der Waals surface area contributed by atoms with Crippen molar-refractivity contribution in [2.24, 2.45) is 0 Å². The molecular formula is C13H18N2O. The summed E-state index contributed by atoms with van der Waals surface area (Å²) in [6.45, 7) is 3.67. The number of carbonyl (C=O) groups excluding carboxylic acids is 1. The van der Waals surface area contributed by atoms with E-state index < -0.39 is 0 Å². The average Bonchev–Trinajstić information content (AvgIpc) is 2.77. The van der Waals surface area contributed by atoms with Gasteiger partial charge < -0.3 is 10.2 Å². The third kappa shape index (κ3) is 2.09. The van der Waals surface area contributed by atoms with Crippen LogP contribution in [0.25, 0.3) is 0 Å². The maximum atomic E-state index is 12.2. The van der Waals surface area contributed by atoms with Crippen molar-refractivity contribution in [3.63, 3.8) is 0 Å². The lowest BCUT2D eigenvalue weighted by molar-refractivity contribution is 0.0789. The van der Waals surface area contributed by atoms with Crippen molar-refractivity contribution in [2.45, 2.75) is 19.4 Å². The quantitative estimate of drug-likeness (QED) is 0.814. The fourth-order valence-electron chi connectivity index (χ4n) is 2.16. The molecule has 16 heavy (non-hydrogen) atoms. The van der Waals surface area contributed by atoms with E-state index in [9.17, 15) is 4.79 Å². The van der Waals surface area contributed by atoms with Crippen molar-refractivity contribution in [1.29, 1.82) is 0 Å². The van der Waals surface area contributed by atoms with Crippen LogP contribution in [0.1, 0.15) is 22.3 Å². The minimum atomic E-state index is 0.163. The first kappa shape index (κ1) is 11.1. The van der Waals surface area contributed by atoms with Crippen LogP contribution < -0.4 is 5.32 Å². The largest absolute Gasteiger partial charge is 0.337 e. The Morgan fingerprint density at radius 3 is 2.81 bits per heavy atom. The predicted octanol–water partition coefficient (Wildman–Crippen LogP) is 1.43. The number of hydrogen-bond acceptors (Lipinski definition) is 2. The lowest BCUT2D eigenvalue weighted by Gasteiger charge is -2.17. The highest BCUT2D eigenvalue weighted by Gasteiger charge is 2.26. The van der Waals surface area contributed by atoms with Gasteiger partial charge in [0.25, 0.3) is 5.91 Å². The van der Waals surface area contributed by atoms with Gasteiger partial charge in [0.1, 0.15) is 0 Å². The van der Waals surface area contributed by atoms with Gasteiger partial charge in [0.15, 0.2) is 0 Å². The van der Waals surface area contributed by atoms with E-state index in [0.29, 0.717) is 6.04 Å². The first-order valence-corrected chi connectivity index (χ1v) is 5.74. The second-order valence-electron chi connectivity index (χ2n) is 4.34. The van der Waals surface area contributed by atoms with Crippen LogP contribution in [0.3, 0.4) is 0 Å². The topological polar surface area (TPSA) is 32.3 Å². The van der Waals surface area contributed by atoms with E-state index >= 15 is 0 Å². The minimum absolute atomic E-state index is 0.163. The van der Waals surface area contributed by atoms with Crippen molar-refractivity contribution >= 4 is 5.91 Å². The van der Waals surface area contributed by atoms with Gasteiger partial charge >= 0.3 is 0 Å². The molecule has 1 atom stereocenters. The van der Waals surface area contributed by atoms with Crippen LogP contribution in [0.5, 0.6) is 0 Å². The van der Waals surface area contributed by atoms with Crippen molar-refractivity contribution in [1.82, 2.24) is 10.2 Å². The molecule has 0 aliphatic carbocycles. The molecule has 1 aliphatic rings. The molecule has 1 aliphatic heterocycles. The van der Waals surface area contributed by atoms with E-state index in [4.69, 9.17) is 0 Å². The third-order valence-electron chi connectivity index (χ3n) is 3.26. The third-order valence-corrected chi connectivity index (χ3v) is 3.26. The maximum Gasteiger partial charge on any atom is 0.254 e. The summed E-state index contributed by atoms with van der Waals surface area (Å²) in [7, 11) is 1.95. The van der Waals surface area contributed by atoms with Gasteiger partial charge in [-0.05, 0) is 32.0 Å². The summed E-state index contributed by atoms with van der Waals surface area (Å²) in [6, 6.07) is 8.23. The van der Waals surface area contributed by atoms with Gasteiger partial charge in [-0.25, -0.2) is 0 Å². The number of hydrogen-bond donors (Lipinski definition) is 1.